The summed E-state index contributed by atoms with van der Waals surface area (Å²) in [4.78, 5) is 4.35. The molecule has 1 aromatic carbocycles. The van der Waals surface area contributed by atoms with Crippen molar-refractivity contribution in [2.24, 2.45) is 0 Å². The average Bonchev–Trinajstić information content (AvgIpc) is 2.93. The van der Waals surface area contributed by atoms with Gasteiger partial charge in [0.15, 0.2) is 0 Å². The Kier molecular flexibility index (Phi) is 3.48. The van der Waals surface area contributed by atoms with Crippen molar-refractivity contribution in [3.63, 3.8) is 0 Å². The van der Waals surface area contributed by atoms with Crippen molar-refractivity contribution < 1.29 is 8.91 Å². The zero-order valence-electron chi connectivity index (χ0n) is 10.2. The maximum atomic E-state index is 13.4. The summed E-state index contributed by atoms with van der Waals surface area (Å²) in [6, 6.07) is 4.49. The number of hydrogen-bond acceptors (Lipinski definition) is 4. The van der Waals surface area contributed by atoms with Crippen LogP contribution in [-0.2, 0) is 0 Å². The molecule has 2 heterocycles. The smallest absolute Gasteiger partial charge is 0.231 e. The Morgan fingerprint density at radius 2 is 2.32 bits per heavy atom. The van der Waals surface area contributed by atoms with Gasteiger partial charge in [-0.1, -0.05) is 16.8 Å². The van der Waals surface area contributed by atoms with Crippen LogP contribution in [0.4, 0.5) is 4.39 Å². The van der Waals surface area contributed by atoms with Crippen LogP contribution in [-0.4, -0.2) is 23.2 Å². The summed E-state index contributed by atoms with van der Waals surface area (Å²) in [5.41, 5.74) is 0.570. The lowest BCUT2D eigenvalue weighted by Gasteiger charge is -2.18. The predicted molar refractivity (Wildman–Crippen MR) is 69.5 cm³/mol. The lowest BCUT2D eigenvalue weighted by atomic mass is 10.00. The van der Waals surface area contributed by atoms with Gasteiger partial charge in [0.25, 0.3) is 0 Å². The molecule has 100 valence electrons. The Labute approximate surface area is 115 Å². The molecule has 0 aliphatic carbocycles. The van der Waals surface area contributed by atoms with Crippen molar-refractivity contribution in [1.29, 1.82) is 0 Å². The van der Waals surface area contributed by atoms with E-state index in [9.17, 15) is 4.39 Å². The summed E-state index contributed by atoms with van der Waals surface area (Å²) in [5.74, 6) is 0.769. The quantitative estimate of drug-likeness (QED) is 0.919. The number of nitrogens with zero attached hydrogens (tertiary/aromatic N) is 2. The fourth-order valence-corrected chi connectivity index (χ4v) is 2.33. The van der Waals surface area contributed by atoms with Crippen molar-refractivity contribution in [2.45, 2.75) is 18.8 Å². The van der Waals surface area contributed by atoms with Gasteiger partial charge in [-0.2, -0.15) is 4.98 Å². The first-order chi connectivity index (χ1) is 9.24. The highest BCUT2D eigenvalue weighted by Crippen LogP contribution is 2.26. The van der Waals surface area contributed by atoms with Crippen LogP contribution in [0.15, 0.2) is 22.7 Å². The van der Waals surface area contributed by atoms with Gasteiger partial charge >= 0.3 is 0 Å². The fourth-order valence-electron chi connectivity index (χ4n) is 2.22. The van der Waals surface area contributed by atoms with Crippen LogP contribution in [0, 0.1) is 5.82 Å². The molecule has 1 fully saturated rings. The van der Waals surface area contributed by atoms with E-state index in [-0.39, 0.29) is 10.9 Å². The van der Waals surface area contributed by atoms with Crippen molar-refractivity contribution in [3.8, 4) is 11.4 Å². The summed E-state index contributed by atoms with van der Waals surface area (Å²) < 4.78 is 18.7. The van der Waals surface area contributed by atoms with E-state index in [1.165, 1.54) is 12.1 Å². The van der Waals surface area contributed by atoms with Gasteiger partial charge < -0.3 is 9.84 Å². The van der Waals surface area contributed by atoms with Gasteiger partial charge in [-0.05, 0) is 37.6 Å². The Morgan fingerprint density at radius 1 is 1.42 bits per heavy atom. The number of hydrogen-bond donors (Lipinski definition) is 1. The highest BCUT2D eigenvalue weighted by Gasteiger charge is 2.21. The molecular formula is C13H13ClFN3O. The number of rotatable bonds is 2. The SMILES string of the molecule is Fc1cc(-c2noc(C3CCCNC3)n2)ccc1Cl. The zero-order valence-corrected chi connectivity index (χ0v) is 11.0. The second-order valence-electron chi connectivity index (χ2n) is 4.63. The second kappa shape index (κ2) is 5.27. The molecule has 0 radical (unpaired) electrons. The Morgan fingerprint density at radius 3 is 3.05 bits per heavy atom. The number of benzene rings is 1. The van der Waals surface area contributed by atoms with Crippen LogP contribution in [0.25, 0.3) is 11.4 Å². The van der Waals surface area contributed by atoms with Gasteiger partial charge in [0, 0.05) is 12.1 Å². The summed E-state index contributed by atoms with van der Waals surface area (Å²) >= 11 is 5.65. The van der Waals surface area contributed by atoms with Crippen molar-refractivity contribution in [2.75, 3.05) is 13.1 Å². The molecule has 1 aliphatic heterocycles. The normalized spacial score (nSPS) is 19.6. The van der Waals surface area contributed by atoms with Gasteiger partial charge in [0.2, 0.25) is 11.7 Å². The third-order valence-corrected chi connectivity index (χ3v) is 3.57. The summed E-state index contributed by atoms with van der Waals surface area (Å²) in [6.45, 7) is 1.87. The summed E-state index contributed by atoms with van der Waals surface area (Å²) in [5, 5.41) is 7.29. The predicted octanol–water partition coefficient (Wildman–Crippen LogP) is 3.00. The second-order valence-corrected chi connectivity index (χ2v) is 5.04. The minimum absolute atomic E-state index is 0.0870. The van der Waals surface area contributed by atoms with Crippen LogP contribution in [0.5, 0.6) is 0 Å². The topological polar surface area (TPSA) is 51.0 Å². The van der Waals surface area contributed by atoms with E-state index >= 15 is 0 Å². The minimum atomic E-state index is -0.482. The lowest BCUT2D eigenvalue weighted by molar-refractivity contribution is 0.322. The van der Waals surface area contributed by atoms with E-state index in [1.54, 1.807) is 6.07 Å². The number of aromatic nitrogens is 2. The molecule has 1 aliphatic rings. The Balaban J connectivity index is 1.85. The highest BCUT2D eigenvalue weighted by atomic mass is 35.5. The first kappa shape index (κ1) is 12.6. The van der Waals surface area contributed by atoms with E-state index in [1.807, 2.05) is 0 Å². The van der Waals surface area contributed by atoms with Crippen molar-refractivity contribution in [3.05, 3.63) is 34.9 Å². The molecule has 1 aromatic heterocycles. The van der Waals surface area contributed by atoms with E-state index in [0.29, 0.717) is 17.3 Å². The van der Waals surface area contributed by atoms with E-state index in [2.05, 4.69) is 15.5 Å². The third kappa shape index (κ3) is 2.62. The molecule has 4 nitrogen and oxygen atoms in total. The number of nitrogens with one attached hydrogen (secondary N) is 1. The van der Waals surface area contributed by atoms with Crippen molar-refractivity contribution >= 4 is 11.6 Å². The van der Waals surface area contributed by atoms with Gasteiger partial charge in [-0.3, -0.25) is 0 Å². The van der Waals surface area contributed by atoms with E-state index < -0.39 is 5.82 Å². The van der Waals surface area contributed by atoms with Gasteiger partial charge in [0.05, 0.1) is 10.9 Å². The fraction of sp³-hybridized carbons (Fsp3) is 0.385. The summed E-state index contributed by atoms with van der Waals surface area (Å²) in [7, 11) is 0. The molecule has 0 bridgehead atoms. The Hall–Kier alpha value is -1.46. The molecule has 0 amide bonds. The molecular weight excluding hydrogens is 269 g/mol. The molecule has 1 saturated heterocycles. The Bertz CT molecular complexity index is 581. The van der Waals surface area contributed by atoms with Gasteiger partial charge in [-0.15, -0.1) is 0 Å². The maximum absolute atomic E-state index is 13.4. The van der Waals surface area contributed by atoms with Crippen LogP contribution in [0.3, 0.4) is 0 Å². The van der Waals surface area contributed by atoms with Crippen LogP contribution >= 0.6 is 11.6 Å². The number of piperidine rings is 1. The minimum Gasteiger partial charge on any atom is -0.339 e. The van der Waals surface area contributed by atoms with E-state index in [0.717, 1.165) is 25.9 Å². The molecule has 0 saturated carbocycles. The highest BCUT2D eigenvalue weighted by molar-refractivity contribution is 6.30. The maximum Gasteiger partial charge on any atom is 0.231 e. The first-order valence-corrected chi connectivity index (χ1v) is 6.61. The summed E-state index contributed by atoms with van der Waals surface area (Å²) in [6.07, 6.45) is 2.13. The molecule has 19 heavy (non-hydrogen) atoms. The van der Waals surface area contributed by atoms with Crippen LogP contribution < -0.4 is 5.32 Å². The lowest BCUT2D eigenvalue weighted by Crippen LogP contribution is -2.28. The van der Waals surface area contributed by atoms with Gasteiger partial charge in [-0.25, -0.2) is 4.39 Å². The number of halogens is 2. The van der Waals surface area contributed by atoms with Gasteiger partial charge in [0.1, 0.15) is 5.82 Å². The molecule has 3 rings (SSSR count). The van der Waals surface area contributed by atoms with Crippen LogP contribution in [0.2, 0.25) is 5.02 Å². The molecule has 1 atom stereocenters. The molecule has 2 aromatic rings. The van der Waals surface area contributed by atoms with Crippen molar-refractivity contribution in [1.82, 2.24) is 15.5 Å². The standard InChI is InChI=1S/C13H13ClFN3O/c14-10-4-3-8(6-11(10)15)12-17-13(19-18-12)9-2-1-5-16-7-9/h3-4,6,9,16H,1-2,5,7H2. The molecule has 6 heteroatoms. The average molecular weight is 282 g/mol. The monoisotopic (exact) mass is 281 g/mol. The first-order valence-electron chi connectivity index (χ1n) is 6.24. The van der Waals surface area contributed by atoms with Crippen LogP contribution in [0.1, 0.15) is 24.7 Å². The zero-order chi connectivity index (χ0) is 13.2. The molecule has 1 N–H and O–H groups in total. The van der Waals surface area contributed by atoms with E-state index in [4.69, 9.17) is 16.1 Å². The largest absolute Gasteiger partial charge is 0.339 e. The molecule has 0 spiro atoms. The molecule has 1 unspecified atom stereocenters. The third-order valence-electron chi connectivity index (χ3n) is 3.27.